The van der Waals surface area contributed by atoms with Crippen molar-refractivity contribution in [2.75, 3.05) is 45.3 Å². The van der Waals surface area contributed by atoms with Gasteiger partial charge in [-0.15, -0.1) is 0 Å². The first-order valence-electron chi connectivity index (χ1n) is 9.89. The lowest BCUT2D eigenvalue weighted by molar-refractivity contribution is -0.123. The summed E-state index contributed by atoms with van der Waals surface area (Å²) >= 11 is 0. The number of methoxy groups -OCH3 is 1. The average Bonchev–Trinajstić information content (AvgIpc) is 2.77. The summed E-state index contributed by atoms with van der Waals surface area (Å²) in [6.07, 6.45) is 0. The first-order valence-corrected chi connectivity index (χ1v) is 9.89. The van der Waals surface area contributed by atoms with Gasteiger partial charge < -0.3 is 24.8 Å². The molecule has 1 heterocycles. The van der Waals surface area contributed by atoms with Crippen molar-refractivity contribution in [1.29, 1.82) is 0 Å². The van der Waals surface area contributed by atoms with E-state index in [4.69, 9.17) is 14.2 Å². The van der Waals surface area contributed by atoms with Crippen molar-refractivity contribution in [3.63, 3.8) is 0 Å². The van der Waals surface area contributed by atoms with Crippen LogP contribution in [0.4, 0.5) is 5.69 Å². The van der Waals surface area contributed by atoms with Gasteiger partial charge in [-0.3, -0.25) is 14.5 Å². The largest absolute Gasteiger partial charge is 0.497 e. The zero-order valence-electron chi connectivity index (χ0n) is 17.3. The molecule has 0 saturated carbocycles. The number of hydrogen-bond donors (Lipinski definition) is 2. The van der Waals surface area contributed by atoms with Gasteiger partial charge in [0.05, 0.1) is 20.2 Å². The van der Waals surface area contributed by atoms with Crippen molar-refractivity contribution < 1.29 is 23.8 Å². The molecule has 8 nitrogen and oxygen atoms in total. The van der Waals surface area contributed by atoms with Crippen molar-refractivity contribution >= 4 is 17.5 Å². The normalized spacial score (nSPS) is 12.4. The van der Waals surface area contributed by atoms with Crippen LogP contribution in [0.5, 0.6) is 17.2 Å². The Hall–Kier alpha value is -3.26. The number of hydrogen-bond acceptors (Lipinski definition) is 6. The van der Waals surface area contributed by atoms with Crippen molar-refractivity contribution in [3.8, 4) is 17.2 Å². The number of rotatable bonds is 9. The maximum atomic E-state index is 12.4. The standard InChI is InChI=1S/C22H27N3O5/c1-3-25(14-21(26)23-13-16-4-7-18(28-2)8-5-16)15-22(27)24-17-6-9-19-20(12-17)30-11-10-29-19/h4-9,12H,3,10-11,13-15H2,1-2H3,(H,23,26)(H,24,27). The van der Waals surface area contributed by atoms with Gasteiger partial charge >= 0.3 is 0 Å². The third kappa shape index (κ3) is 6.12. The number of carbonyl (C=O) groups excluding carboxylic acids is 2. The van der Waals surface area contributed by atoms with E-state index in [1.165, 1.54) is 0 Å². The van der Waals surface area contributed by atoms with Crippen LogP contribution in [0.25, 0.3) is 0 Å². The minimum absolute atomic E-state index is 0.112. The molecule has 2 aromatic carbocycles. The number of benzene rings is 2. The summed E-state index contributed by atoms with van der Waals surface area (Å²) in [6.45, 7) is 4.16. The maximum Gasteiger partial charge on any atom is 0.238 e. The number of ether oxygens (including phenoxy) is 3. The molecular formula is C22H27N3O5. The SMILES string of the molecule is CCN(CC(=O)NCc1ccc(OC)cc1)CC(=O)Nc1ccc2c(c1)OCCO2. The quantitative estimate of drug-likeness (QED) is 0.654. The van der Waals surface area contributed by atoms with Crippen LogP contribution in [-0.2, 0) is 16.1 Å². The molecule has 0 atom stereocenters. The van der Waals surface area contributed by atoms with Crippen molar-refractivity contribution in [2.24, 2.45) is 0 Å². The first kappa shape index (κ1) is 21.4. The monoisotopic (exact) mass is 413 g/mol. The number of nitrogens with one attached hydrogen (secondary N) is 2. The number of nitrogens with zero attached hydrogens (tertiary/aromatic N) is 1. The van der Waals surface area contributed by atoms with E-state index in [0.29, 0.717) is 43.5 Å². The number of amides is 2. The topological polar surface area (TPSA) is 89.1 Å². The van der Waals surface area contributed by atoms with Gasteiger partial charge in [0, 0.05) is 18.3 Å². The van der Waals surface area contributed by atoms with Crippen LogP contribution in [0.1, 0.15) is 12.5 Å². The van der Waals surface area contributed by atoms with Crippen LogP contribution in [-0.4, -0.2) is 56.7 Å². The number of anilines is 1. The molecule has 0 unspecified atom stereocenters. The van der Waals surface area contributed by atoms with Crippen molar-refractivity contribution in [2.45, 2.75) is 13.5 Å². The highest BCUT2D eigenvalue weighted by atomic mass is 16.6. The summed E-state index contributed by atoms with van der Waals surface area (Å²) in [4.78, 5) is 26.4. The predicted molar refractivity (Wildman–Crippen MR) is 113 cm³/mol. The molecule has 160 valence electrons. The van der Waals surface area contributed by atoms with Crippen LogP contribution in [0.2, 0.25) is 0 Å². The van der Waals surface area contributed by atoms with Gasteiger partial charge in [0.1, 0.15) is 19.0 Å². The van der Waals surface area contributed by atoms with Gasteiger partial charge in [-0.1, -0.05) is 19.1 Å². The molecule has 0 aromatic heterocycles. The maximum absolute atomic E-state index is 12.4. The van der Waals surface area contributed by atoms with Crippen LogP contribution < -0.4 is 24.8 Å². The molecule has 0 fully saturated rings. The molecule has 0 bridgehead atoms. The number of likely N-dealkylation sites (N-methyl/N-ethyl adjacent to an activating group) is 1. The van der Waals surface area contributed by atoms with Crippen molar-refractivity contribution in [1.82, 2.24) is 10.2 Å². The third-order valence-corrected chi connectivity index (χ3v) is 4.66. The Bertz CT molecular complexity index is 870. The van der Waals surface area contributed by atoms with Gasteiger partial charge in [-0.05, 0) is 36.4 Å². The van der Waals surface area contributed by atoms with Gasteiger partial charge in [0.15, 0.2) is 11.5 Å². The molecule has 30 heavy (non-hydrogen) atoms. The van der Waals surface area contributed by atoms with Gasteiger partial charge in [0.25, 0.3) is 0 Å². The Balaban J connectivity index is 1.45. The summed E-state index contributed by atoms with van der Waals surface area (Å²) in [5.74, 6) is 1.72. The fraction of sp³-hybridized carbons (Fsp3) is 0.364. The predicted octanol–water partition coefficient (Wildman–Crippen LogP) is 2.04. The smallest absolute Gasteiger partial charge is 0.238 e. The lowest BCUT2D eigenvalue weighted by Crippen LogP contribution is -2.40. The van der Waals surface area contributed by atoms with Crippen LogP contribution in [0.3, 0.4) is 0 Å². The fourth-order valence-corrected chi connectivity index (χ4v) is 3.01. The Labute approximate surface area is 176 Å². The van der Waals surface area contributed by atoms with E-state index in [1.54, 1.807) is 30.2 Å². The molecule has 0 radical (unpaired) electrons. The van der Waals surface area contributed by atoms with Crippen LogP contribution in [0.15, 0.2) is 42.5 Å². The number of fused-ring (bicyclic) bond motifs is 1. The Morgan fingerprint density at radius 1 is 1.00 bits per heavy atom. The van der Waals surface area contributed by atoms with E-state index < -0.39 is 0 Å². The average molecular weight is 413 g/mol. The summed E-state index contributed by atoms with van der Waals surface area (Å²) in [5, 5.41) is 5.71. The van der Waals surface area contributed by atoms with E-state index in [2.05, 4.69) is 10.6 Å². The van der Waals surface area contributed by atoms with E-state index >= 15 is 0 Å². The van der Waals surface area contributed by atoms with E-state index in [0.717, 1.165) is 11.3 Å². The fourth-order valence-electron chi connectivity index (χ4n) is 3.01. The molecular weight excluding hydrogens is 386 g/mol. The molecule has 0 saturated heterocycles. The van der Waals surface area contributed by atoms with Gasteiger partial charge in [-0.2, -0.15) is 0 Å². The number of carbonyl (C=O) groups is 2. The molecule has 0 aliphatic carbocycles. The minimum Gasteiger partial charge on any atom is -0.497 e. The highest BCUT2D eigenvalue weighted by Gasteiger charge is 2.15. The molecule has 1 aliphatic rings. The molecule has 2 amide bonds. The summed E-state index contributed by atoms with van der Waals surface area (Å²) < 4.78 is 16.1. The second-order valence-corrected chi connectivity index (χ2v) is 6.83. The van der Waals surface area contributed by atoms with Gasteiger partial charge in [-0.25, -0.2) is 0 Å². The zero-order chi connectivity index (χ0) is 21.3. The van der Waals surface area contributed by atoms with Crippen LogP contribution in [0, 0.1) is 0 Å². The molecule has 8 heteroatoms. The van der Waals surface area contributed by atoms with Crippen molar-refractivity contribution in [3.05, 3.63) is 48.0 Å². The van der Waals surface area contributed by atoms with E-state index in [-0.39, 0.29) is 24.9 Å². The molecule has 1 aliphatic heterocycles. The Kier molecular flexibility index (Phi) is 7.51. The second kappa shape index (κ2) is 10.5. The molecule has 0 spiro atoms. The van der Waals surface area contributed by atoms with Crippen LogP contribution >= 0.6 is 0 Å². The lowest BCUT2D eigenvalue weighted by atomic mass is 10.2. The highest BCUT2D eigenvalue weighted by molar-refractivity contribution is 5.93. The van der Waals surface area contributed by atoms with E-state index in [9.17, 15) is 9.59 Å². The summed E-state index contributed by atoms with van der Waals surface area (Å²) in [7, 11) is 1.61. The lowest BCUT2D eigenvalue weighted by Gasteiger charge is -2.21. The highest BCUT2D eigenvalue weighted by Crippen LogP contribution is 2.32. The molecule has 2 N–H and O–H groups in total. The van der Waals surface area contributed by atoms with E-state index in [1.807, 2.05) is 31.2 Å². The Morgan fingerprint density at radius 2 is 1.70 bits per heavy atom. The van der Waals surface area contributed by atoms with Gasteiger partial charge in [0.2, 0.25) is 11.8 Å². The molecule has 2 aromatic rings. The zero-order valence-corrected chi connectivity index (χ0v) is 17.3. The molecule has 3 rings (SSSR count). The third-order valence-electron chi connectivity index (χ3n) is 4.66. The summed E-state index contributed by atoms with van der Waals surface area (Å²) in [5.41, 5.74) is 1.60. The summed E-state index contributed by atoms with van der Waals surface area (Å²) in [6, 6.07) is 12.8. The minimum atomic E-state index is -0.198. The first-order chi connectivity index (χ1) is 14.6. The Morgan fingerprint density at radius 3 is 2.40 bits per heavy atom. The second-order valence-electron chi connectivity index (χ2n) is 6.83.